The highest BCUT2D eigenvalue weighted by molar-refractivity contribution is 7.10. The summed E-state index contributed by atoms with van der Waals surface area (Å²) in [4.78, 5) is 13.2. The fourth-order valence-electron chi connectivity index (χ4n) is 1.92. The van der Waals surface area contributed by atoms with Crippen LogP contribution in [-0.4, -0.2) is 12.5 Å². The minimum absolute atomic E-state index is 0.0673. The summed E-state index contributed by atoms with van der Waals surface area (Å²) in [6, 6.07) is 11.5. The number of hydrogen-bond donors (Lipinski definition) is 2. The molecule has 3 nitrogen and oxygen atoms in total. The molecule has 2 aromatic rings. The molecule has 0 saturated heterocycles. The molecule has 0 bridgehead atoms. The van der Waals surface area contributed by atoms with Crippen LogP contribution in [0.5, 0.6) is 0 Å². The van der Waals surface area contributed by atoms with Crippen molar-refractivity contribution in [3.05, 3.63) is 51.7 Å². The second kappa shape index (κ2) is 7.43. The second-order valence-corrected chi connectivity index (χ2v) is 5.83. The van der Waals surface area contributed by atoms with Crippen LogP contribution in [0.4, 0.5) is 5.69 Å². The zero-order valence-corrected chi connectivity index (χ0v) is 12.8. The summed E-state index contributed by atoms with van der Waals surface area (Å²) in [6.07, 6.45) is 0.949. The van der Waals surface area contributed by atoms with Crippen molar-refractivity contribution in [1.29, 1.82) is 0 Å². The van der Waals surface area contributed by atoms with E-state index in [1.165, 1.54) is 4.88 Å². The van der Waals surface area contributed by atoms with Gasteiger partial charge in [-0.15, -0.1) is 11.3 Å². The number of amides is 1. The van der Waals surface area contributed by atoms with E-state index in [-0.39, 0.29) is 18.5 Å². The third-order valence-electron chi connectivity index (χ3n) is 2.91. The molecule has 5 heteroatoms. The first-order chi connectivity index (χ1) is 9.69. The Bertz CT molecular complexity index is 557. The maximum atomic E-state index is 11.9. The van der Waals surface area contributed by atoms with Crippen molar-refractivity contribution in [3.63, 3.8) is 0 Å². The number of hydrogen-bond acceptors (Lipinski definition) is 3. The molecule has 0 aliphatic heterocycles. The zero-order valence-electron chi connectivity index (χ0n) is 11.2. The van der Waals surface area contributed by atoms with E-state index >= 15 is 0 Å². The van der Waals surface area contributed by atoms with Gasteiger partial charge in [0, 0.05) is 21.6 Å². The minimum Gasteiger partial charge on any atom is -0.325 e. The van der Waals surface area contributed by atoms with Gasteiger partial charge in [0.15, 0.2) is 0 Å². The summed E-state index contributed by atoms with van der Waals surface area (Å²) in [5.74, 6) is -0.0673. The number of thiophene rings is 1. The fourth-order valence-corrected chi connectivity index (χ4v) is 3.00. The second-order valence-electron chi connectivity index (χ2n) is 4.42. The van der Waals surface area contributed by atoms with Crippen LogP contribution in [0, 0.1) is 0 Å². The standard InChI is InChI=1S/C15H17ClN2OS/c1-2-13(14-7-4-8-20-14)17-10-15(19)18-12-6-3-5-11(16)9-12/h3-9,13,17H,2,10H2,1H3,(H,18,19). The number of benzene rings is 1. The highest BCUT2D eigenvalue weighted by Crippen LogP contribution is 2.21. The predicted molar refractivity (Wildman–Crippen MR) is 85.4 cm³/mol. The summed E-state index contributed by atoms with van der Waals surface area (Å²) in [5.41, 5.74) is 0.716. The Morgan fingerprint density at radius 1 is 1.35 bits per heavy atom. The molecular weight excluding hydrogens is 292 g/mol. The Morgan fingerprint density at radius 3 is 2.85 bits per heavy atom. The van der Waals surface area contributed by atoms with E-state index in [4.69, 9.17) is 11.6 Å². The van der Waals surface area contributed by atoms with Crippen LogP contribution in [0.2, 0.25) is 5.02 Å². The minimum atomic E-state index is -0.0673. The molecule has 1 aromatic carbocycles. The molecule has 106 valence electrons. The molecule has 0 spiro atoms. The smallest absolute Gasteiger partial charge is 0.238 e. The van der Waals surface area contributed by atoms with Gasteiger partial charge in [-0.05, 0) is 36.1 Å². The van der Waals surface area contributed by atoms with E-state index in [1.54, 1.807) is 23.5 Å². The molecule has 1 atom stereocenters. The fraction of sp³-hybridized carbons (Fsp3) is 0.267. The lowest BCUT2D eigenvalue weighted by Crippen LogP contribution is -2.30. The van der Waals surface area contributed by atoms with Gasteiger partial charge >= 0.3 is 0 Å². The normalized spacial score (nSPS) is 12.1. The van der Waals surface area contributed by atoms with E-state index in [0.717, 1.165) is 6.42 Å². The van der Waals surface area contributed by atoms with Crippen molar-refractivity contribution < 1.29 is 4.79 Å². The predicted octanol–water partition coefficient (Wildman–Crippen LogP) is 4.08. The Labute approximate surface area is 128 Å². The van der Waals surface area contributed by atoms with Crippen LogP contribution >= 0.6 is 22.9 Å². The van der Waals surface area contributed by atoms with Gasteiger partial charge in [-0.25, -0.2) is 0 Å². The Kier molecular flexibility index (Phi) is 5.59. The number of nitrogens with one attached hydrogen (secondary N) is 2. The number of anilines is 1. The average molecular weight is 309 g/mol. The summed E-state index contributed by atoms with van der Waals surface area (Å²) in [6.45, 7) is 2.38. The lowest BCUT2D eigenvalue weighted by Gasteiger charge is -2.15. The van der Waals surface area contributed by atoms with Crippen LogP contribution < -0.4 is 10.6 Å². The maximum Gasteiger partial charge on any atom is 0.238 e. The number of carbonyl (C=O) groups is 1. The molecule has 1 unspecified atom stereocenters. The van der Waals surface area contributed by atoms with Gasteiger partial charge < -0.3 is 10.6 Å². The molecule has 2 rings (SSSR count). The Balaban J connectivity index is 1.85. The molecule has 0 aliphatic rings. The average Bonchev–Trinajstić information content (AvgIpc) is 2.93. The lowest BCUT2D eigenvalue weighted by molar-refractivity contribution is -0.115. The highest BCUT2D eigenvalue weighted by Gasteiger charge is 2.11. The molecule has 1 heterocycles. The topological polar surface area (TPSA) is 41.1 Å². The number of carbonyl (C=O) groups excluding carboxylic acids is 1. The Hall–Kier alpha value is -1.36. The van der Waals surface area contributed by atoms with Gasteiger partial charge in [0.25, 0.3) is 0 Å². The number of halogens is 1. The van der Waals surface area contributed by atoms with Gasteiger partial charge in [0.2, 0.25) is 5.91 Å². The van der Waals surface area contributed by atoms with Crippen molar-refractivity contribution in [2.24, 2.45) is 0 Å². The maximum absolute atomic E-state index is 11.9. The van der Waals surface area contributed by atoms with Crippen molar-refractivity contribution in [2.45, 2.75) is 19.4 Å². The third-order valence-corrected chi connectivity index (χ3v) is 4.13. The largest absolute Gasteiger partial charge is 0.325 e. The molecule has 1 amide bonds. The molecule has 20 heavy (non-hydrogen) atoms. The summed E-state index contributed by atoms with van der Waals surface area (Å²) in [5, 5.41) is 8.76. The van der Waals surface area contributed by atoms with Crippen molar-refractivity contribution in [1.82, 2.24) is 5.32 Å². The van der Waals surface area contributed by atoms with E-state index in [1.807, 2.05) is 23.6 Å². The first-order valence-corrected chi connectivity index (χ1v) is 7.77. The van der Waals surface area contributed by atoms with E-state index in [0.29, 0.717) is 10.7 Å². The van der Waals surface area contributed by atoms with Crippen LogP contribution in [-0.2, 0) is 4.79 Å². The zero-order chi connectivity index (χ0) is 14.4. The van der Waals surface area contributed by atoms with E-state index in [9.17, 15) is 4.79 Å². The van der Waals surface area contributed by atoms with E-state index in [2.05, 4.69) is 23.6 Å². The molecular formula is C15H17ClN2OS. The quantitative estimate of drug-likeness (QED) is 0.844. The van der Waals surface area contributed by atoms with Crippen LogP contribution in [0.25, 0.3) is 0 Å². The third kappa shape index (κ3) is 4.34. The van der Waals surface area contributed by atoms with Gasteiger partial charge in [-0.2, -0.15) is 0 Å². The first kappa shape index (κ1) is 15.0. The Morgan fingerprint density at radius 2 is 2.20 bits per heavy atom. The van der Waals surface area contributed by atoms with Crippen LogP contribution in [0.15, 0.2) is 41.8 Å². The van der Waals surface area contributed by atoms with Crippen molar-refractivity contribution in [2.75, 3.05) is 11.9 Å². The molecule has 0 aliphatic carbocycles. The first-order valence-electron chi connectivity index (χ1n) is 6.51. The number of rotatable bonds is 6. The highest BCUT2D eigenvalue weighted by atomic mass is 35.5. The van der Waals surface area contributed by atoms with Gasteiger partial charge in [-0.3, -0.25) is 4.79 Å². The van der Waals surface area contributed by atoms with Crippen LogP contribution in [0.1, 0.15) is 24.3 Å². The molecule has 2 N–H and O–H groups in total. The van der Waals surface area contributed by atoms with Crippen molar-refractivity contribution in [3.8, 4) is 0 Å². The van der Waals surface area contributed by atoms with Gasteiger partial charge in [0.05, 0.1) is 6.54 Å². The van der Waals surface area contributed by atoms with Crippen molar-refractivity contribution >= 4 is 34.5 Å². The molecule has 1 aromatic heterocycles. The molecule has 0 fully saturated rings. The van der Waals surface area contributed by atoms with Crippen LogP contribution in [0.3, 0.4) is 0 Å². The monoisotopic (exact) mass is 308 g/mol. The van der Waals surface area contributed by atoms with E-state index < -0.39 is 0 Å². The lowest BCUT2D eigenvalue weighted by atomic mass is 10.2. The summed E-state index contributed by atoms with van der Waals surface area (Å²) < 4.78 is 0. The molecule has 0 saturated carbocycles. The SMILES string of the molecule is CCC(NCC(=O)Nc1cccc(Cl)c1)c1cccs1. The summed E-state index contributed by atoms with van der Waals surface area (Å²) >= 11 is 7.58. The summed E-state index contributed by atoms with van der Waals surface area (Å²) in [7, 11) is 0. The molecule has 0 radical (unpaired) electrons. The van der Waals surface area contributed by atoms with Gasteiger partial charge in [-0.1, -0.05) is 30.7 Å². The van der Waals surface area contributed by atoms with Gasteiger partial charge in [0.1, 0.15) is 0 Å².